The van der Waals surface area contributed by atoms with E-state index >= 15 is 0 Å². The van der Waals surface area contributed by atoms with Crippen molar-refractivity contribution in [2.24, 2.45) is 0 Å². The monoisotopic (exact) mass is 215 g/mol. The third kappa shape index (κ3) is 3.21. The van der Waals surface area contributed by atoms with E-state index in [9.17, 15) is 0 Å². The van der Waals surface area contributed by atoms with Crippen LogP contribution >= 0.6 is 0 Å². The van der Waals surface area contributed by atoms with Gasteiger partial charge in [0, 0.05) is 12.6 Å². The van der Waals surface area contributed by atoms with Gasteiger partial charge in [-0.05, 0) is 29.9 Å². The fourth-order valence-corrected chi connectivity index (χ4v) is 1.92. The topological polar surface area (TPSA) is 12.0 Å². The van der Waals surface area contributed by atoms with Gasteiger partial charge in [0.1, 0.15) is 0 Å². The molecule has 1 nitrogen and oxygen atoms in total. The second-order valence-electron chi connectivity index (χ2n) is 4.87. The fraction of sp³-hybridized carbons (Fsp3) is 0.467. The van der Waals surface area contributed by atoms with Gasteiger partial charge in [-0.25, -0.2) is 0 Å². The molecule has 86 valence electrons. The lowest BCUT2D eigenvalue weighted by molar-refractivity contribution is 0.633. The summed E-state index contributed by atoms with van der Waals surface area (Å²) in [6.07, 6.45) is 7.22. The van der Waals surface area contributed by atoms with Crippen LogP contribution in [0.15, 0.2) is 30.3 Å². The Morgan fingerprint density at radius 3 is 2.75 bits per heavy atom. The van der Waals surface area contributed by atoms with E-state index in [4.69, 9.17) is 0 Å². The summed E-state index contributed by atoms with van der Waals surface area (Å²) < 4.78 is 0. The second-order valence-corrected chi connectivity index (χ2v) is 4.87. The molecule has 1 N–H and O–H groups in total. The summed E-state index contributed by atoms with van der Waals surface area (Å²) in [4.78, 5) is 0. The van der Waals surface area contributed by atoms with Gasteiger partial charge in [-0.3, -0.25) is 0 Å². The number of hydrogen-bond donors (Lipinski definition) is 1. The molecule has 1 aliphatic rings. The molecule has 1 aromatic carbocycles. The molecule has 0 heterocycles. The van der Waals surface area contributed by atoms with Crippen molar-refractivity contribution in [1.29, 1.82) is 0 Å². The van der Waals surface area contributed by atoms with Crippen LogP contribution < -0.4 is 5.32 Å². The SMILES string of the molecule is CC(C)NCC=Cc1ccccc1C1CC1. The van der Waals surface area contributed by atoms with E-state index in [1.165, 1.54) is 24.0 Å². The van der Waals surface area contributed by atoms with Crippen molar-refractivity contribution in [2.45, 2.75) is 38.6 Å². The molecule has 1 aromatic rings. The Kier molecular flexibility index (Phi) is 3.79. The predicted molar refractivity (Wildman–Crippen MR) is 70.6 cm³/mol. The van der Waals surface area contributed by atoms with Crippen molar-refractivity contribution in [3.63, 3.8) is 0 Å². The summed E-state index contributed by atoms with van der Waals surface area (Å²) in [5.41, 5.74) is 2.93. The van der Waals surface area contributed by atoms with Crippen LogP contribution in [0.4, 0.5) is 0 Å². The smallest absolute Gasteiger partial charge is 0.0140 e. The van der Waals surface area contributed by atoms with Gasteiger partial charge in [0.15, 0.2) is 0 Å². The number of nitrogens with one attached hydrogen (secondary N) is 1. The van der Waals surface area contributed by atoms with Crippen molar-refractivity contribution in [1.82, 2.24) is 5.32 Å². The maximum absolute atomic E-state index is 3.39. The molecular formula is C15H21N. The third-order valence-corrected chi connectivity index (χ3v) is 2.95. The Bertz CT molecular complexity index is 361. The van der Waals surface area contributed by atoms with E-state index in [0.29, 0.717) is 6.04 Å². The van der Waals surface area contributed by atoms with Crippen molar-refractivity contribution < 1.29 is 0 Å². The molecule has 2 rings (SSSR count). The number of rotatable bonds is 5. The van der Waals surface area contributed by atoms with E-state index in [-0.39, 0.29) is 0 Å². The summed E-state index contributed by atoms with van der Waals surface area (Å²) in [7, 11) is 0. The molecular weight excluding hydrogens is 194 g/mol. The average molecular weight is 215 g/mol. The molecule has 1 heteroatoms. The molecule has 0 unspecified atom stereocenters. The molecule has 0 radical (unpaired) electrons. The van der Waals surface area contributed by atoms with Gasteiger partial charge in [-0.2, -0.15) is 0 Å². The molecule has 16 heavy (non-hydrogen) atoms. The minimum absolute atomic E-state index is 0.559. The second kappa shape index (κ2) is 5.31. The Balaban J connectivity index is 1.97. The molecule has 0 aliphatic heterocycles. The largest absolute Gasteiger partial charge is 0.311 e. The Morgan fingerprint density at radius 1 is 1.31 bits per heavy atom. The fourth-order valence-electron chi connectivity index (χ4n) is 1.92. The first-order valence-corrected chi connectivity index (χ1v) is 6.26. The molecule has 0 atom stereocenters. The van der Waals surface area contributed by atoms with Crippen molar-refractivity contribution in [3.05, 3.63) is 41.5 Å². The van der Waals surface area contributed by atoms with Gasteiger partial charge >= 0.3 is 0 Å². The van der Waals surface area contributed by atoms with Crippen molar-refractivity contribution >= 4 is 6.08 Å². The molecule has 0 amide bonds. The minimum Gasteiger partial charge on any atom is -0.311 e. The van der Waals surface area contributed by atoms with Crippen LogP contribution in [-0.4, -0.2) is 12.6 Å². The van der Waals surface area contributed by atoms with Gasteiger partial charge in [-0.15, -0.1) is 0 Å². The first kappa shape index (κ1) is 11.4. The van der Waals surface area contributed by atoms with Crippen molar-refractivity contribution in [3.8, 4) is 0 Å². The Labute approximate surface area is 98.6 Å². The third-order valence-electron chi connectivity index (χ3n) is 2.95. The minimum atomic E-state index is 0.559. The van der Waals surface area contributed by atoms with Gasteiger partial charge in [0.2, 0.25) is 0 Å². The first-order chi connectivity index (χ1) is 7.77. The van der Waals surface area contributed by atoms with Crippen LogP contribution in [0, 0.1) is 0 Å². The van der Waals surface area contributed by atoms with E-state index < -0.39 is 0 Å². The molecule has 0 aromatic heterocycles. The lowest BCUT2D eigenvalue weighted by Gasteiger charge is -2.05. The summed E-state index contributed by atoms with van der Waals surface area (Å²) in [5, 5.41) is 3.39. The lowest BCUT2D eigenvalue weighted by Crippen LogP contribution is -2.22. The highest BCUT2D eigenvalue weighted by molar-refractivity contribution is 5.55. The molecule has 1 fully saturated rings. The summed E-state index contributed by atoms with van der Waals surface area (Å²) in [5.74, 6) is 0.832. The Morgan fingerprint density at radius 2 is 2.06 bits per heavy atom. The quantitative estimate of drug-likeness (QED) is 0.791. The summed E-state index contributed by atoms with van der Waals surface area (Å²) in [6.45, 7) is 5.30. The molecule has 1 saturated carbocycles. The van der Waals surface area contributed by atoms with Crippen LogP contribution in [-0.2, 0) is 0 Å². The van der Waals surface area contributed by atoms with Gasteiger partial charge < -0.3 is 5.32 Å². The van der Waals surface area contributed by atoms with E-state index in [1.807, 2.05) is 0 Å². The molecule has 0 bridgehead atoms. The standard InChI is InChI=1S/C15H21N/c1-12(2)16-11-5-7-13-6-3-4-8-15(13)14-9-10-14/h3-8,12,14,16H,9-11H2,1-2H3. The molecule has 0 spiro atoms. The zero-order valence-corrected chi connectivity index (χ0v) is 10.2. The van der Waals surface area contributed by atoms with Crippen molar-refractivity contribution in [2.75, 3.05) is 6.54 Å². The lowest BCUT2D eigenvalue weighted by atomic mass is 10.0. The van der Waals surface area contributed by atoms with Crippen LogP contribution in [0.3, 0.4) is 0 Å². The van der Waals surface area contributed by atoms with Crippen LogP contribution in [0.1, 0.15) is 43.7 Å². The molecule has 1 aliphatic carbocycles. The highest BCUT2D eigenvalue weighted by atomic mass is 14.9. The van der Waals surface area contributed by atoms with Crippen LogP contribution in [0.5, 0.6) is 0 Å². The van der Waals surface area contributed by atoms with E-state index in [1.54, 1.807) is 0 Å². The zero-order chi connectivity index (χ0) is 11.4. The predicted octanol–water partition coefficient (Wildman–Crippen LogP) is 3.58. The Hall–Kier alpha value is -1.08. The van der Waals surface area contributed by atoms with E-state index in [0.717, 1.165) is 12.5 Å². The maximum Gasteiger partial charge on any atom is 0.0140 e. The van der Waals surface area contributed by atoms with Crippen LogP contribution in [0.2, 0.25) is 0 Å². The highest BCUT2D eigenvalue weighted by Gasteiger charge is 2.24. The van der Waals surface area contributed by atoms with E-state index in [2.05, 4.69) is 55.6 Å². The van der Waals surface area contributed by atoms with Gasteiger partial charge in [0.05, 0.1) is 0 Å². The summed E-state index contributed by atoms with van der Waals surface area (Å²) >= 11 is 0. The zero-order valence-electron chi connectivity index (χ0n) is 10.2. The normalized spacial score (nSPS) is 16.2. The van der Waals surface area contributed by atoms with Crippen LogP contribution in [0.25, 0.3) is 6.08 Å². The first-order valence-electron chi connectivity index (χ1n) is 6.26. The molecule has 0 saturated heterocycles. The van der Waals surface area contributed by atoms with Gasteiger partial charge in [0.25, 0.3) is 0 Å². The summed E-state index contributed by atoms with van der Waals surface area (Å²) in [6, 6.07) is 9.33. The maximum atomic E-state index is 3.39. The number of hydrogen-bond acceptors (Lipinski definition) is 1. The highest BCUT2D eigenvalue weighted by Crippen LogP contribution is 2.41. The van der Waals surface area contributed by atoms with Gasteiger partial charge in [-0.1, -0.05) is 50.3 Å². The number of benzene rings is 1. The average Bonchev–Trinajstić information content (AvgIpc) is 3.08.